The summed E-state index contributed by atoms with van der Waals surface area (Å²) in [6, 6.07) is 6.52. The third-order valence-corrected chi connectivity index (χ3v) is 5.49. The van der Waals surface area contributed by atoms with Gasteiger partial charge < -0.3 is 5.32 Å². The molecule has 2 nitrogen and oxygen atoms in total. The molecule has 0 aliphatic carbocycles. The largest absolute Gasteiger partial charge is 0.311 e. The summed E-state index contributed by atoms with van der Waals surface area (Å²) in [7, 11) is 0. The molecular weight excluding hydrogens is 340 g/mol. The molecule has 0 saturated heterocycles. The quantitative estimate of drug-likeness (QED) is 0.711. The molecule has 0 fully saturated rings. The first kappa shape index (κ1) is 15.2. The van der Waals surface area contributed by atoms with Crippen LogP contribution in [0.25, 0.3) is 0 Å². The normalized spacial score (nSPS) is 11.3. The maximum absolute atomic E-state index is 3.51. The molecule has 2 aromatic heterocycles. The Morgan fingerprint density at radius 3 is 2.84 bits per heavy atom. The van der Waals surface area contributed by atoms with Crippen molar-refractivity contribution in [2.45, 2.75) is 20.0 Å². The number of hydrogen-bond donors (Lipinski definition) is 1. The van der Waals surface area contributed by atoms with Crippen LogP contribution in [0.3, 0.4) is 0 Å². The molecule has 2 aromatic rings. The number of nitrogens with zero attached hydrogens (tertiary/aromatic N) is 1. The number of likely N-dealkylation sites (N-methyl/N-ethyl adjacent to an activating group) is 1. The molecule has 0 atom stereocenters. The van der Waals surface area contributed by atoms with Gasteiger partial charge in [-0.05, 0) is 40.0 Å². The summed E-state index contributed by atoms with van der Waals surface area (Å²) in [6.45, 7) is 7.50. The van der Waals surface area contributed by atoms with Crippen LogP contribution in [0.4, 0.5) is 0 Å². The summed E-state index contributed by atoms with van der Waals surface area (Å²) in [6.07, 6.45) is 0. The Morgan fingerprint density at radius 2 is 2.21 bits per heavy atom. The first-order chi connectivity index (χ1) is 9.28. The van der Waals surface area contributed by atoms with Gasteiger partial charge in [0.05, 0.1) is 0 Å². The average Bonchev–Trinajstić information content (AvgIpc) is 3.05. The van der Waals surface area contributed by atoms with E-state index in [1.165, 1.54) is 14.2 Å². The van der Waals surface area contributed by atoms with E-state index < -0.39 is 0 Å². The minimum Gasteiger partial charge on any atom is -0.311 e. The summed E-state index contributed by atoms with van der Waals surface area (Å²) < 4.78 is 1.18. The topological polar surface area (TPSA) is 15.3 Å². The van der Waals surface area contributed by atoms with Crippen molar-refractivity contribution in [3.63, 3.8) is 0 Å². The summed E-state index contributed by atoms with van der Waals surface area (Å²) in [5.74, 6) is 0. The fourth-order valence-corrected chi connectivity index (χ4v) is 4.03. The van der Waals surface area contributed by atoms with E-state index in [2.05, 4.69) is 62.0 Å². The van der Waals surface area contributed by atoms with E-state index in [9.17, 15) is 0 Å². The molecule has 0 amide bonds. The van der Waals surface area contributed by atoms with Gasteiger partial charge in [0.15, 0.2) is 0 Å². The Bertz CT molecular complexity index is 468. The van der Waals surface area contributed by atoms with Crippen molar-refractivity contribution in [1.82, 2.24) is 10.2 Å². The molecule has 0 aromatic carbocycles. The zero-order chi connectivity index (χ0) is 13.5. The van der Waals surface area contributed by atoms with E-state index in [0.29, 0.717) is 0 Å². The van der Waals surface area contributed by atoms with E-state index in [0.717, 1.165) is 32.7 Å². The van der Waals surface area contributed by atoms with E-state index in [4.69, 9.17) is 0 Å². The van der Waals surface area contributed by atoms with Crippen molar-refractivity contribution < 1.29 is 0 Å². The van der Waals surface area contributed by atoms with Gasteiger partial charge in [0, 0.05) is 45.8 Å². The van der Waals surface area contributed by atoms with Gasteiger partial charge in [-0.15, -0.1) is 22.7 Å². The Morgan fingerprint density at radius 1 is 1.32 bits per heavy atom. The summed E-state index contributed by atoms with van der Waals surface area (Å²) in [4.78, 5) is 5.31. The lowest BCUT2D eigenvalue weighted by Gasteiger charge is -2.19. The van der Waals surface area contributed by atoms with Crippen LogP contribution in [-0.2, 0) is 13.1 Å². The number of halogens is 1. The minimum atomic E-state index is 0.965. The van der Waals surface area contributed by atoms with Gasteiger partial charge in [-0.2, -0.15) is 0 Å². The van der Waals surface area contributed by atoms with Crippen LogP contribution in [0, 0.1) is 0 Å². The second-order valence-electron chi connectivity index (χ2n) is 4.36. The van der Waals surface area contributed by atoms with Crippen LogP contribution in [0.2, 0.25) is 0 Å². The Labute approximate surface area is 131 Å². The molecule has 0 unspecified atom stereocenters. The molecule has 2 rings (SSSR count). The monoisotopic (exact) mass is 358 g/mol. The highest BCUT2D eigenvalue weighted by Crippen LogP contribution is 2.19. The molecule has 0 bridgehead atoms. The van der Waals surface area contributed by atoms with Crippen LogP contribution in [-0.4, -0.2) is 24.5 Å². The second-order valence-corrected chi connectivity index (χ2v) is 7.30. The standard InChI is InChI=1S/C14H19BrN2S2/c1-2-17(10-13-4-3-7-18-13)6-5-16-9-14-8-12(15)11-19-14/h3-4,7-8,11,16H,2,5-6,9-10H2,1H3. The Balaban J connectivity index is 1.66. The van der Waals surface area contributed by atoms with Crippen LogP contribution in [0.15, 0.2) is 33.4 Å². The van der Waals surface area contributed by atoms with Gasteiger partial charge in [0.2, 0.25) is 0 Å². The fraction of sp³-hybridized carbons (Fsp3) is 0.429. The summed E-state index contributed by atoms with van der Waals surface area (Å²) in [5.41, 5.74) is 0. The fourth-order valence-electron chi connectivity index (χ4n) is 1.87. The van der Waals surface area contributed by atoms with E-state index in [-0.39, 0.29) is 0 Å². The number of nitrogens with one attached hydrogen (secondary N) is 1. The van der Waals surface area contributed by atoms with Crippen LogP contribution < -0.4 is 5.32 Å². The SMILES string of the molecule is CCN(CCNCc1cc(Br)cs1)Cc1cccs1. The zero-order valence-corrected chi connectivity index (χ0v) is 14.3. The van der Waals surface area contributed by atoms with Crippen LogP contribution in [0.5, 0.6) is 0 Å². The van der Waals surface area contributed by atoms with Crippen molar-refractivity contribution in [2.75, 3.05) is 19.6 Å². The second kappa shape index (κ2) is 8.17. The minimum absolute atomic E-state index is 0.965. The first-order valence-electron chi connectivity index (χ1n) is 6.46. The van der Waals surface area contributed by atoms with Crippen molar-refractivity contribution in [2.24, 2.45) is 0 Å². The van der Waals surface area contributed by atoms with Crippen LogP contribution >= 0.6 is 38.6 Å². The highest BCUT2D eigenvalue weighted by molar-refractivity contribution is 9.10. The summed E-state index contributed by atoms with van der Waals surface area (Å²) in [5, 5.41) is 7.79. The molecule has 0 radical (unpaired) electrons. The third kappa shape index (κ3) is 5.36. The van der Waals surface area contributed by atoms with Gasteiger partial charge in [0.1, 0.15) is 0 Å². The smallest absolute Gasteiger partial charge is 0.0328 e. The molecule has 5 heteroatoms. The lowest BCUT2D eigenvalue weighted by Crippen LogP contribution is -2.31. The number of hydrogen-bond acceptors (Lipinski definition) is 4. The summed E-state index contributed by atoms with van der Waals surface area (Å²) >= 11 is 7.12. The van der Waals surface area contributed by atoms with Crippen molar-refractivity contribution in [3.05, 3.63) is 43.2 Å². The maximum atomic E-state index is 3.51. The lowest BCUT2D eigenvalue weighted by atomic mass is 10.4. The van der Waals surface area contributed by atoms with Crippen molar-refractivity contribution in [3.8, 4) is 0 Å². The first-order valence-corrected chi connectivity index (χ1v) is 9.01. The molecule has 1 N–H and O–H groups in total. The van der Waals surface area contributed by atoms with Crippen molar-refractivity contribution in [1.29, 1.82) is 0 Å². The third-order valence-electron chi connectivity index (χ3n) is 2.93. The predicted molar refractivity (Wildman–Crippen MR) is 89.0 cm³/mol. The lowest BCUT2D eigenvalue weighted by molar-refractivity contribution is 0.281. The molecule has 0 saturated carbocycles. The Hall–Kier alpha value is -0.200. The number of rotatable bonds is 8. The molecule has 19 heavy (non-hydrogen) atoms. The van der Waals surface area contributed by atoms with E-state index >= 15 is 0 Å². The van der Waals surface area contributed by atoms with Crippen molar-refractivity contribution >= 4 is 38.6 Å². The highest BCUT2D eigenvalue weighted by atomic mass is 79.9. The van der Waals surface area contributed by atoms with E-state index in [1.807, 2.05) is 11.3 Å². The van der Waals surface area contributed by atoms with Gasteiger partial charge in [0.25, 0.3) is 0 Å². The van der Waals surface area contributed by atoms with Gasteiger partial charge in [-0.1, -0.05) is 13.0 Å². The van der Waals surface area contributed by atoms with Gasteiger partial charge in [-0.3, -0.25) is 4.90 Å². The molecule has 2 heterocycles. The maximum Gasteiger partial charge on any atom is 0.0328 e. The molecule has 0 spiro atoms. The molecule has 0 aliphatic heterocycles. The molecular formula is C14H19BrN2S2. The highest BCUT2D eigenvalue weighted by Gasteiger charge is 2.04. The van der Waals surface area contributed by atoms with Gasteiger partial charge in [-0.25, -0.2) is 0 Å². The molecule has 104 valence electrons. The number of thiophene rings is 2. The van der Waals surface area contributed by atoms with Crippen LogP contribution in [0.1, 0.15) is 16.7 Å². The molecule has 0 aliphatic rings. The average molecular weight is 359 g/mol. The van der Waals surface area contributed by atoms with E-state index in [1.54, 1.807) is 11.3 Å². The Kier molecular flexibility index (Phi) is 6.53. The predicted octanol–water partition coefficient (Wildman–Crippen LogP) is 4.18. The zero-order valence-electron chi connectivity index (χ0n) is 11.1. The van der Waals surface area contributed by atoms with Gasteiger partial charge >= 0.3 is 0 Å².